The van der Waals surface area contributed by atoms with Crippen LogP contribution in [0.1, 0.15) is 26.0 Å². The number of nitrogens with one attached hydrogen (secondary N) is 2. The largest absolute Gasteiger partial charge is 0.393 e. The molecule has 0 aromatic carbocycles. The van der Waals surface area contributed by atoms with Crippen LogP contribution >= 0.6 is 11.6 Å². The van der Waals surface area contributed by atoms with Crippen molar-refractivity contribution in [2.45, 2.75) is 26.8 Å². The van der Waals surface area contributed by atoms with Gasteiger partial charge in [0.15, 0.2) is 0 Å². The Morgan fingerprint density at radius 2 is 2.11 bits per heavy atom. The van der Waals surface area contributed by atoms with Gasteiger partial charge in [-0.1, -0.05) is 37.6 Å². The highest BCUT2D eigenvalue weighted by molar-refractivity contribution is 6.30. The summed E-state index contributed by atoms with van der Waals surface area (Å²) in [6, 6.07) is 1.91. The van der Waals surface area contributed by atoms with Gasteiger partial charge in [-0.05, 0) is 24.5 Å². The van der Waals surface area contributed by atoms with Gasteiger partial charge in [-0.25, -0.2) is 0 Å². The van der Waals surface area contributed by atoms with Gasteiger partial charge >= 0.3 is 0 Å². The second-order valence-electron chi connectivity index (χ2n) is 6.96. The van der Waals surface area contributed by atoms with E-state index in [9.17, 15) is 0 Å². The first-order chi connectivity index (χ1) is 13.0. The summed E-state index contributed by atoms with van der Waals surface area (Å²) in [7, 11) is 1.82. The van der Waals surface area contributed by atoms with Crippen molar-refractivity contribution in [3.63, 3.8) is 0 Å². The van der Waals surface area contributed by atoms with Gasteiger partial charge < -0.3 is 10.7 Å². The normalized spacial score (nSPS) is 15.5. The van der Waals surface area contributed by atoms with Crippen LogP contribution in [-0.4, -0.2) is 27.5 Å². The molecule has 2 heterocycles. The Labute approximate surface area is 165 Å². The van der Waals surface area contributed by atoms with Crippen LogP contribution in [0.3, 0.4) is 0 Å². The average molecular weight is 382 g/mol. The van der Waals surface area contributed by atoms with Gasteiger partial charge in [-0.3, -0.25) is 9.67 Å². The Morgan fingerprint density at radius 1 is 1.30 bits per heavy atom. The number of nitrogens with zero attached hydrogens (tertiary/aromatic N) is 3. The standard InChI is InChI=1S/C21H24ClN5/c1-14(2)6-7-27-13-17(11-26-27)19-9-18(22)12-25-21(19)15-4-5-16(10-24-3)20(23)8-15/h4-5,8-14,23-24H,6-7H2,1-3H3/b16-10-,23-20?. The minimum absolute atomic E-state index is 0.442. The molecular formula is C21H24ClN5. The predicted molar refractivity (Wildman–Crippen MR) is 112 cm³/mol. The molecule has 0 radical (unpaired) electrons. The van der Waals surface area contributed by atoms with E-state index in [0.717, 1.165) is 40.9 Å². The summed E-state index contributed by atoms with van der Waals surface area (Å²) >= 11 is 6.22. The first kappa shape index (κ1) is 19.1. The summed E-state index contributed by atoms with van der Waals surface area (Å²) in [6.45, 7) is 5.29. The quantitative estimate of drug-likeness (QED) is 0.760. The maximum atomic E-state index is 8.24. The van der Waals surface area contributed by atoms with Crippen molar-refractivity contribution < 1.29 is 0 Å². The highest BCUT2D eigenvalue weighted by Crippen LogP contribution is 2.32. The SMILES string of the molecule is CN/C=C1/C=CC(c2ncc(Cl)cc2-c2cnn(CCC(C)C)c2)=CC1=N. The van der Waals surface area contributed by atoms with Gasteiger partial charge in [-0.15, -0.1) is 0 Å². The molecule has 0 aliphatic heterocycles. The fourth-order valence-electron chi connectivity index (χ4n) is 2.89. The fourth-order valence-corrected chi connectivity index (χ4v) is 3.05. The van der Waals surface area contributed by atoms with E-state index in [4.69, 9.17) is 17.0 Å². The molecule has 0 saturated heterocycles. The Balaban J connectivity index is 1.96. The Hall–Kier alpha value is -2.66. The molecule has 1 aliphatic carbocycles. The Morgan fingerprint density at radius 3 is 2.81 bits per heavy atom. The maximum absolute atomic E-state index is 8.24. The minimum Gasteiger partial charge on any atom is -0.393 e. The van der Waals surface area contributed by atoms with Crippen molar-refractivity contribution in [1.29, 1.82) is 5.41 Å². The van der Waals surface area contributed by atoms with Gasteiger partial charge in [0.05, 0.1) is 22.6 Å². The van der Waals surface area contributed by atoms with Crippen LogP contribution in [0.2, 0.25) is 5.02 Å². The summed E-state index contributed by atoms with van der Waals surface area (Å²) in [5, 5.41) is 16.3. The van der Waals surface area contributed by atoms with Crippen molar-refractivity contribution in [3.8, 4) is 11.1 Å². The number of hydrogen-bond donors (Lipinski definition) is 2. The molecule has 0 bridgehead atoms. The molecule has 0 atom stereocenters. The summed E-state index contributed by atoms with van der Waals surface area (Å²) in [5.74, 6) is 0.629. The zero-order chi connectivity index (χ0) is 19.4. The van der Waals surface area contributed by atoms with E-state index in [1.54, 1.807) is 12.4 Å². The molecule has 1 aliphatic rings. The van der Waals surface area contributed by atoms with Crippen LogP contribution in [0, 0.1) is 11.3 Å². The molecule has 0 amide bonds. The van der Waals surface area contributed by atoms with Gasteiger partial charge in [0.1, 0.15) is 0 Å². The van der Waals surface area contributed by atoms with E-state index in [1.165, 1.54) is 0 Å². The van der Waals surface area contributed by atoms with E-state index in [2.05, 4.69) is 29.2 Å². The van der Waals surface area contributed by atoms with Crippen LogP contribution in [0.15, 0.2) is 54.7 Å². The van der Waals surface area contributed by atoms with Crippen LogP contribution in [0.25, 0.3) is 16.7 Å². The lowest BCUT2D eigenvalue weighted by Crippen LogP contribution is -2.06. The summed E-state index contributed by atoms with van der Waals surface area (Å²) in [6.07, 6.45) is 14.1. The molecule has 2 aromatic heterocycles. The van der Waals surface area contributed by atoms with Crippen LogP contribution in [0.5, 0.6) is 0 Å². The predicted octanol–water partition coefficient (Wildman–Crippen LogP) is 4.72. The van der Waals surface area contributed by atoms with Crippen LogP contribution in [-0.2, 0) is 6.54 Å². The zero-order valence-corrected chi connectivity index (χ0v) is 16.6. The van der Waals surface area contributed by atoms with Crippen molar-refractivity contribution in [1.82, 2.24) is 20.1 Å². The highest BCUT2D eigenvalue weighted by atomic mass is 35.5. The molecule has 140 valence electrons. The van der Waals surface area contributed by atoms with Crippen LogP contribution < -0.4 is 5.32 Å². The van der Waals surface area contributed by atoms with Crippen molar-refractivity contribution in [2.75, 3.05) is 7.05 Å². The third-order valence-corrected chi connectivity index (χ3v) is 4.57. The fraction of sp³-hybridized carbons (Fsp3) is 0.286. The highest BCUT2D eigenvalue weighted by Gasteiger charge is 2.16. The number of allylic oxidation sites excluding steroid dienone is 5. The first-order valence-corrected chi connectivity index (χ1v) is 9.40. The third-order valence-electron chi connectivity index (χ3n) is 4.36. The Kier molecular flexibility index (Phi) is 5.91. The number of hydrogen-bond acceptors (Lipinski definition) is 4. The number of pyridine rings is 1. The molecule has 0 fully saturated rings. The lowest BCUT2D eigenvalue weighted by atomic mass is 9.95. The average Bonchev–Trinajstić information content (AvgIpc) is 3.11. The zero-order valence-electron chi connectivity index (χ0n) is 15.8. The molecule has 2 aromatic rings. The van der Waals surface area contributed by atoms with Crippen molar-refractivity contribution >= 4 is 22.9 Å². The second kappa shape index (κ2) is 8.35. The van der Waals surface area contributed by atoms with Crippen molar-refractivity contribution in [3.05, 3.63) is 65.4 Å². The lowest BCUT2D eigenvalue weighted by Gasteiger charge is -2.13. The third kappa shape index (κ3) is 4.55. The molecular weight excluding hydrogens is 358 g/mol. The smallest absolute Gasteiger partial charge is 0.0783 e. The number of aryl methyl sites for hydroxylation is 1. The molecule has 0 saturated carbocycles. The molecule has 5 nitrogen and oxygen atoms in total. The van der Waals surface area contributed by atoms with Gasteiger partial charge in [0, 0.05) is 54.5 Å². The molecule has 2 N–H and O–H groups in total. The van der Waals surface area contributed by atoms with E-state index >= 15 is 0 Å². The monoisotopic (exact) mass is 381 g/mol. The van der Waals surface area contributed by atoms with Gasteiger partial charge in [0.2, 0.25) is 0 Å². The van der Waals surface area contributed by atoms with Gasteiger partial charge in [0.25, 0.3) is 0 Å². The molecule has 0 spiro atoms. The van der Waals surface area contributed by atoms with Gasteiger partial charge in [-0.2, -0.15) is 5.10 Å². The molecule has 6 heteroatoms. The van der Waals surface area contributed by atoms with E-state index in [0.29, 0.717) is 16.7 Å². The first-order valence-electron chi connectivity index (χ1n) is 9.03. The number of rotatable bonds is 6. The minimum atomic E-state index is 0.442. The molecule has 3 rings (SSSR count). The van der Waals surface area contributed by atoms with Crippen LogP contribution in [0.4, 0.5) is 0 Å². The number of aromatic nitrogens is 3. The van der Waals surface area contributed by atoms with E-state index < -0.39 is 0 Å². The molecule has 27 heavy (non-hydrogen) atoms. The Bertz CT molecular complexity index is 934. The van der Waals surface area contributed by atoms with E-state index in [1.807, 2.05) is 48.4 Å². The molecule has 0 unspecified atom stereocenters. The van der Waals surface area contributed by atoms with Crippen molar-refractivity contribution in [2.24, 2.45) is 5.92 Å². The second-order valence-corrected chi connectivity index (χ2v) is 7.40. The number of halogens is 1. The summed E-state index contributed by atoms with van der Waals surface area (Å²) < 4.78 is 1.96. The topological polar surface area (TPSA) is 66.6 Å². The van der Waals surface area contributed by atoms with E-state index in [-0.39, 0.29) is 0 Å². The lowest BCUT2D eigenvalue weighted by molar-refractivity contribution is 0.487. The summed E-state index contributed by atoms with van der Waals surface area (Å²) in [4.78, 5) is 4.55. The maximum Gasteiger partial charge on any atom is 0.0783 e. The summed E-state index contributed by atoms with van der Waals surface area (Å²) in [5.41, 5.74) is 4.85.